The maximum Gasteiger partial charge on any atom is 0.0667 e. The van der Waals surface area contributed by atoms with Gasteiger partial charge in [-0.25, -0.2) is 0 Å². The normalized spacial score (nSPS) is 15.1. The van der Waals surface area contributed by atoms with Crippen molar-refractivity contribution in [3.05, 3.63) is 11.1 Å². The minimum absolute atomic E-state index is 0.262. The number of ether oxygens (including phenoxy) is 1. The second-order valence-electron chi connectivity index (χ2n) is 2.63. The lowest BCUT2D eigenvalue weighted by Gasteiger charge is -2.10. The molecule has 0 bridgehead atoms. The number of nitrogens with one attached hydrogen (secondary N) is 1. The Labute approximate surface area is 73.6 Å². The molecular formula is C8H16ClNO. The Kier molecular flexibility index (Phi) is 6.62. The van der Waals surface area contributed by atoms with E-state index >= 15 is 0 Å². The van der Waals surface area contributed by atoms with Crippen LogP contribution in [0, 0.1) is 0 Å². The van der Waals surface area contributed by atoms with E-state index in [9.17, 15) is 0 Å². The van der Waals surface area contributed by atoms with Gasteiger partial charge in [0.2, 0.25) is 0 Å². The van der Waals surface area contributed by atoms with Gasteiger partial charge in [-0.3, -0.25) is 0 Å². The van der Waals surface area contributed by atoms with Gasteiger partial charge in [-0.2, -0.15) is 0 Å². The zero-order valence-electron chi connectivity index (χ0n) is 7.36. The predicted molar refractivity (Wildman–Crippen MR) is 49.0 cm³/mol. The number of methoxy groups -OCH3 is 1. The van der Waals surface area contributed by atoms with Crippen molar-refractivity contribution < 1.29 is 4.74 Å². The molecule has 0 aliphatic heterocycles. The third-order valence-corrected chi connectivity index (χ3v) is 1.80. The van der Waals surface area contributed by atoms with Crippen molar-refractivity contribution in [1.82, 2.24) is 5.32 Å². The molecular weight excluding hydrogens is 162 g/mol. The van der Waals surface area contributed by atoms with Crippen LogP contribution in [0.5, 0.6) is 0 Å². The summed E-state index contributed by atoms with van der Waals surface area (Å²) in [6.45, 7) is 5.69. The minimum atomic E-state index is 0.262. The molecule has 1 atom stereocenters. The molecule has 0 aliphatic carbocycles. The van der Waals surface area contributed by atoms with Gasteiger partial charge < -0.3 is 10.1 Å². The summed E-state index contributed by atoms with van der Waals surface area (Å²) in [5, 5.41) is 3.21. The number of hydrogen-bond donors (Lipinski definition) is 1. The van der Waals surface area contributed by atoms with E-state index in [0.717, 1.165) is 18.7 Å². The van der Waals surface area contributed by atoms with Crippen molar-refractivity contribution in [1.29, 1.82) is 0 Å². The van der Waals surface area contributed by atoms with Crippen molar-refractivity contribution in [2.75, 3.05) is 20.2 Å². The van der Waals surface area contributed by atoms with E-state index in [0.29, 0.717) is 0 Å². The number of rotatable bonds is 5. The Balaban J connectivity index is 3.27. The first kappa shape index (κ1) is 11.0. The average molecular weight is 178 g/mol. The van der Waals surface area contributed by atoms with E-state index in [-0.39, 0.29) is 6.10 Å². The molecule has 1 N–H and O–H groups in total. The third-order valence-electron chi connectivity index (χ3n) is 1.42. The molecule has 0 amide bonds. The quantitative estimate of drug-likeness (QED) is 0.691. The Hall–Kier alpha value is -0.0500. The largest absolute Gasteiger partial charge is 0.380 e. The van der Waals surface area contributed by atoms with Gasteiger partial charge in [0.25, 0.3) is 0 Å². The lowest BCUT2D eigenvalue weighted by atomic mass is 10.3. The zero-order chi connectivity index (χ0) is 8.69. The van der Waals surface area contributed by atoms with Crippen LogP contribution in [0.3, 0.4) is 0 Å². The summed E-state index contributed by atoms with van der Waals surface area (Å²) in [6.07, 6.45) is 0.262. The molecule has 0 aromatic carbocycles. The van der Waals surface area contributed by atoms with Gasteiger partial charge in [-0.1, -0.05) is 11.6 Å². The van der Waals surface area contributed by atoms with Crippen LogP contribution in [0.25, 0.3) is 0 Å². The lowest BCUT2D eigenvalue weighted by molar-refractivity contribution is 0.118. The Morgan fingerprint density at radius 1 is 1.73 bits per heavy atom. The Morgan fingerprint density at radius 3 is 2.82 bits per heavy atom. The second kappa shape index (κ2) is 6.65. The van der Waals surface area contributed by atoms with Crippen LogP contribution in [0.2, 0.25) is 0 Å². The molecule has 3 heteroatoms. The van der Waals surface area contributed by atoms with Gasteiger partial charge in [0.05, 0.1) is 6.10 Å². The van der Waals surface area contributed by atoms with Crippen LogP contribution >= 0.6 is 11.6 Å². The summed E-state index contributed by atoms with van der Waals surface area (Å²) in [6, 6.07) is 0. The van der Waals surface area contributed by atoms with Crippen LogP contribution in [0.1, 0.15) is 13.8 Å². The van der Waals surface area contributed by atoms with Gasteiger partial charge in [0.15, 0.2) is 0 Å². The summed E-state index contributed by atoms with van der Waals surface area (Å²) in [5.74, 6) is 0. The predicted octanol–water partition coefficient (Wildman–Crippen LogP) is 1.75. The summed E-state index contributed by atoms with van der Waals surface area (Å²) in [5.41, 5.74) is 2.72. The molecule has 0 aromatic rings. The first-order chi connectivity index (χ1) is 5.20. The Morgan fingerprint density at radius 2 is 2.36 bits per heavy atom. The molecule has 0 heterocycles. The SMILES string of the molecule is COC(C)CNCC(C)=CCl. The smallest absolute Gasteiger partial charge is 0.0667 e. The molecule has 2 nitrogen and oxygen atoms in total. The molecule has 11 heavy (non-hydrogen) atoms. The van der Waals surface area contributed by atoms with Crippen molar-refractivity contribution in [2.45, 2.75) is 20.0 Å². The number of hydrogen-bond acceptors (Lipinski definition) is 2. The second-order valence-corrected chi connectivity index (χ2v) is 2.85. The highest BCUT2D eigenvalue weighted by molar-refractivity contribution is 6.25. The molecule has 0 rings (SSSR count). The van der Waals surface area contributed by atoms with Crippen molar-refractivity contribution >= 4 is 11.6 Å². The fraction of sp³-hybridized carbons (Fsp3) is 0.750. The molecule has 0 fully saturated rings. The van der Waals surface area contributed by atoms with Crippen LogP contribution in [-0.4, -0.2) is 26.3 Å². The van der Waals surface area contributed by atoms with Crippen molar-refractivity contribution in [2.24, 2.45) is 0 Å². The highest BCUT2D eigenvalue weighted by Gasteiger charge is 1.96. The minimum Gasteiger partial charge on any atom is -0.380 e. The lowest BCUT2D eigenvalue weighted by Crippen LogP contribution is -2.27. The Bertz CT molecular complexity index is 125. The molecule has 0 aromatic heterocycles. The van der Waals surface area contributed by atoms with E-state index < -0.39 is 0 Å². The van der Waals surface area contributed by atoms with E-state index in [4.69, 9.17) is 16.3 Å². The topological polar surface area (TPSA) is 21.3 Å². The van der Waals surface area contributed by atoms with Crippen molar-refractivity contribution in [3.8, 4) is 0 Å². The molecule has 66 valence electrons. The summed E-state index contributed by atoms with van der Waals surface area (Å²) < 4.78 is 5.05. The van der Waals surface area contributed by atoms with Gasteiger partial charge in [-0.15, -0.1) is 0 Å². The third kappa shape index (κ3) is 6.35. The maximum absolute atomic E-state index is 5.47. The maximum atomic E-state index is 5.47. The van der Waals surface area contributed by atoms with Crippen LogP contribution < -0.4 is 5.32 Å². The fourth-order valence-corrected chi connectivity index (χ4v) is 0.672. The number of halogens is 1. The molecule has 0 aliphatic rings. The van der Waals surface area contributed by atoms with E-state index in [1.165, 1.54) is 0 Å². The molecule has 0 saturated heterocycles. The summed E-state index contributed by atoms with van der Waals surface area (Å²) >= 11 is 5.47. The summed E-state index contributed by atoms with van der Waals surface area (Å²) in [4.78, 5) is 0. The molecule has 0 saturated carbocycles. The van der Waals surface area contributed by atoms with Crippen molar-refractivity contribution in [3.63, 3.8) is 0 Å². The van der Waals surface area contributed by atoms with Gasteiger partial charge in [0.1, 0.15) is 0 Å². The first-order valence-corrected chi connectivity index (χ1v) is 4.13. The standard InChI is InChI=1S/C8H16ClNO/c1-7(4-9)5-10-6-8(2)11-3/h4,8,10H,5-6H2,1-3H3. The highest BCUT2D eigenvalue weighted by atomic mass is 35.5. The van der Waals surface area contributed by atoms with Crippen LogP contribution in [0.4, 0.5) is 0 Å². The fourth-order valence-electron chi connectivity index (χ4n) is 0.595. The molecule has 1 unspecified atom stereocenters. The van der Waals surface area contributed by atoms with Crippen LogP contribution in [0.15, 0.2) is 11.1 Å². The van der Waals surface area contributed by atoms with E-state index in [1.807, 2.05) is 13.8 Å². The van der Waals surface area contributed by atoms with Gasteiger partial charge >= 0.3 is 0 Å². The summed E-state index contributed by atoms with van der Waals surface area (Å²) in [7, 11) is 1.70. The van der Waals surface area contributed by atoms with E-state index in [1.54, 1.807) is 12.6 Å². The van der Waals surface area contributed by atoms with E-state index in [2.05, 4.69) is 5.32 Å². The van der Waals surface area contributed by atoms with Gasteiger partial charge in [0, 0.05) is 25.7 Å². The molecule has 0 radical (unpaired) electrons. The molecule has 0 spiro atoms. The highest BCUT2D eigenvalue weighted by Crippen LogP contribution is 1.92. The van der Waals surface area contributed by atoms with Crippen LogP contribution in [-0.2, 0) is 4.74 Å². The first-order valence-electron chi connectivity index (χ1n) is 3.70. The monoisotopic (exact) mass is 177 g/mol. The average Bonchev–Trinajstić information content (AvgIpc) is 2.04. The zero-order valence-corrected chi connectivity index (χ0v) is 8.11. The van der Waals surface area contributed by atoms with Gasteiger partial charge in [-0.05, 0) is 19.4 Å².